The van der Waals surface area contributed by atoms with Crippen LogP contribution in [0.4, 0.5) is 0 Å². The Hall–Kier alpha value is 0.170. The first-order valence-electron chi connectivity index (χ1n) is 5.34. The quantitative estimate of drug-likeness (QED) is 0.640. The molecule has 1 rings (SSSR count). The van der Waals surface area contributed by atoms with Crippen molar-refractivity contribution >= 4 is 11.6 Å². The summed E-state index contributed by atoms with van der Waals surface area (Å²) in [6.45, 7) is 8.25. The maximum absolute atomic E-state index is 5.70. The van der Waals surface area contributed by atoms with Crippen LogP contribution in [0.25, 0.3) is 0 Å². The number of hydrogen-bond donors (Lipinski definition) is 0. The number of morpholine rings is 1. The number of halogens is 1. The molecule has 0 bridgehead atoms. The van der Waals surface area contributed by atoms with E-state index in [0.29, 0.717) is 12.0 Å². The molecule has 14 heavy (non-hydrogen) atoms. The van der Waals surface area contributed by atoms with Crippen molar-refractivity contribution in [1.29, 1.82) is 0 Å². The van der Waals surface area contributed by atoms with Crippen LogP contribution in [0.15, 0.2) is 0 Å². The predicted molar refractivity (Wildman–Crippen MR) is 60.1 cm³/mol. The van der Waals surface area contributed by atoms with Crippen molar-refractivity contribution in [2.45, 2.75) is 13.0 Å². The highest BCUT2D eigenvalue weighted by Crippen LogP contribution is 2.05. The topological polar surface area (TPSA) is 15.7 Å². The Morgan fingerprint density at radius 2 is 2.36 bits per heavy atom. The van der Waals surface area contributed by atoms with Crippen LogP contribution in [0.5, 0.6) is 0 Å². The van der Waals surface area contributed by atoms with Gasteiger partial charge in [0.05, 0.1) is 12.7 Å². The van der Waals surface area contributed by atoms with Crippen molar-refractivity contribution in [3.8, 4) is 0 Å². The summed E-state index contributed by atoms with van der Waals surface area (Å²) in [5, 5.41) is 0. The van der Waals surface area contributed by atoms with E-state index in [2.05, 4.69) is 23.8 Å². The second-order valence-electron chi connectivity index (χ2n) is 3.84. The lowest BCUT2D eigenvalue weighted by atomic mass is 10.2. The Morgan fingerprint density at radius 3 is 3.00 bits per heavy atom. The molecule has 1 saturated heterocycles. The Labute approximate surface area is 92.0 Å². The third-order valence-electron chi connectivity index (χ3n) is 2.65. The summed E-state index contributed by atoms with van der Waals surface area (Å²) in [7, 11) is 2.09. The minimum atomic E-state index is 0.358. The summed E-state index contributed by atoms with van der Waals surface area (Å²) in [6, 6.07) is 0. The van der Waals surface area contributed by atoms with Crippen molar-refractivity contribution in [2.24, 2.45) is 0 Å². The lowest BCUT2D eigenvalue weighted by Crippen LogP contribution is -2.47. The fourth-order valence-corrected chi connectivity index (χ4v) is 2.05. The predicted octanol–water partition coefficient (Wildman–Crippen LogP) is 0.878. The van der Waals surface area contributed by atoms with Crippen LogP contribution in [0, 0.1) is 0 Å². The normalized spacial score (nSPS) is 24.4. The first-order valence-corrected chi connectivity index (χ1v) is 5.88. The van der Waals surface area contributed by atoms with E-state index in [1.54, 1.807) is 0 Å². The molecule has 1 heterocycles. The van der Waals surface area contributed by atoms with Crippen molar-refractivity contribution < 1.29 is 4.74 Å². The van der Waals surface area contributed by atoms with Crippen molar-refractivity contribution in [2.75, 3.05) is 52.3 Å². The second kappa shape index (κ2) is 6.62. The number of ether oxygens (including phenoxy) is 1. The number of hydrogen-bond acceptors (Lipinski definition) is 3. The number of nitrogens with zero attached hydrogens (tertiary/aromatic N) is 2. The minimum Gasteiger partial charge on any atom is -0.374 e. The minimum absolute atomic E-state index is 0.358. The first-order chi connectivity index (χ1) is 6.76. The van der Waals surface area contributed by atoms with Crippen LogP contribution < -0.4 is 0 Å². The molecule has 4 heteroatoms. The molecule has 1 atom stereocenters. The van der Waals surface area contributed by atoms with Crippen LogP contribution in [0.3, 0.4) is 0 Å². The summed E-state index contributed by atoms with van der Waals surface area (Å²) in [5.74, 6) is 0.695. The van der Waals surface area contributed by atoms with Gasteiger partial charge in [0.25, 0.3) is 0 Å². The van der Waals surface area contributed by atoms with Gasteiger partial charge in [-0.3, -0.25) is 4.90 Å². The molecule has 0 spiro atoms. The lowest BCUT2D eigenvalue weighted by molar-refractivity contribution is -0.0382. The fourth-order valence-electron chi connectivity index (χ4n) is 1.76. The van der Waals surface area contributed by atoms with E-state index in [9.17, 15) is 0 Å². The number of alkyl halides is 1. The average Bonchev–Trinajstić information content (AvgIpc) is 2.18. The van der Waals surface area contributed by atoms with Gasteiger partial charge in [0.1, 0.15) is 0 Å². The highest BCUT2D eigenvalue weighted by atomic mass is 35.5. The van der Waals surface area contributed by atoms with Gasteiger partial charge in [-0.15, -0.1) is 11.6 Å². The highest BCUT2D eigenvalue weighted by Gasteiger charge is 2.20. The smallest absolute Gasteiger partial charge is 0.0829 e. The summed E-state index contributed by atoms with van der Waals surface area (Å²) in [5.41, 5.74) is 0. The zero-order valence-corrected chi connectivity index (χ0v) is 9.96. The van der Waals surface area contributed by atoms with Crippen LogP contribution in [-0.2, 0) is 4.74 Å². The number of likely N-dealkylation sites (N-methyl/N-ethyl adjacent to an activating group) is 2. The summed E-state index contributed by atoms with van der Waals surface area (Å²) in [6.07, 6.45) is 0.358. The summed E-state index contributed by atoms with van der Waals surface area (Å²) in [4.78, 5) is 4.67. The van der Waals surface area contributed by atoms with E-state index in [1.807, 2.05) is 0 Å². The molecule has 1 fully saturated rings. The van der Waals surface area contributed by atoms with Crippen LogP contribution >= 0.6 is 11.6 Å². The SMILES string of the molecule is CCN1CCOC(CN(C)CCCl)C1. The molecule has 0 amide bonds. The van der Waals surface area contributed by atoms with E-state index in [0.717, 1.165) is 39.3 Å². The van der Waals surface area contributed by atoms with E-state index < -0.39 is 0 Å². The van der Waals surface area contributed by atoms with Gasteiger partial charge in [-0.25, -0.2) is 0 Å². The monoisotopic (exact) mass is 220 g/mol. The van der Waals surface area contributed by atoms with Gasteiger partial charge >= 0.3 is 0 Å². The Balaban J connectivity index is 2.22. The molecule has 3 nitrogen and oxygen atoms in total. The van der Waals surface area contributed by atoms with Crippen molar-refractivity contribution in [1.82, 2.24) is 9.80 Å². The highest BCUT2D eigenvalue weighted by molar-refractivity contribution is 6.18. The maximum Gasteiger partial charge on any atom is 0.0829 e. The van der Waals surface area contributed by atoms with Gasteiger partial charge in [0, 0.05) is 32.1 Å². The summed E-state index contributed by atoms with van der Waals surface area (Å²) >= 11 is 5.68. The molecule has 1 aliphatic rings. The molecule has 0 aromatic rings. The molecule has 84 valence electrons. The molecule has 0 N–H and O–H groups in total. The molecular weight excluding hydrogens is 200 g/mol. The Morgan fingerprint density at radius 1 is 1.57 bits per heavy atom. The summed E-state index contributed by atoms with van der Waals surface area (Å²) < 4.78 is 5.70. The average molecular weight is 221 g/mol. The van der Waals surface area contributed by atoms with Gasteiger partial charge in [-0.1, -0.05) is 6.92 Å². The third-order valence-corrected chi connectivity index (χ3v) is 2.82. The van der Waals surface area contributed by atoms with E-state index in [1.165, 1.54) is 0 Å². The number of rotatable bonds is 5. The van der Waals surface area contributed by atoms with E-state index in [4.69, 9.17) is 16.3 Å². The van der Waals surface area contributed by atoms with Gasteiger partial charge in [0.2, 0.25) is 0 Å². The van der Waals surface area contributed by atoms with Crippen LogP contribution in [0.2, 0.25) is 0 Å². The lowest BCUT2D eigenvalue weighted by Gasteiger charge is -2.34. The molecule has 0 saturated carbocycles. The van der Waals surface area contributed by atoms with Crippen molar-refractivity contribution in [3.05, 3.63) is 0 Å². The van der Waals surface area contributed by atoms with E-state index in [-0.39, 0.29) is 0 Å². The van der Waals surface area contributed by atoms with Crippen molar-refractivity contribution in [3.63, 3.8) is 0 Å². The fraction of sp³-hybridized carbons (Fsp3) is 1.00. The molecule has 1 unspecified atom stereocenters. The van der Waals surface area contributed by atoms with Gasteiger partial charge in [-0.05, 0) is 13.6 Å². The Kier molecular flexibility index (Phi) is 5.78. The van der Waals surface area contributed by atoms with Crippen LogP contribution in [-0.4, -0.2) is 68.2 Å². The third kappa shape index (κ3) is 4.13. The van der Waals surface area contributed by atoms with Crippen LogP contribution in [0.1, 0.15) is 6.92 Å². The molecule has 0 aromatic heterocycles. The zero-order chi connectivity index (χ0) is 10.4. The van der Waals surface area contributed by atoms with Gasteiger partial charge in [-0.2, -0.15) is 0 Å². The second-order valence-corrected chi connectivity index (χ2v) is 4.22. The molecule has 0 aromatic carbocycles. The molecular formula is C10H21ClN2O. The van der Waals surface area contributed by atoms with E-state index >= 15 is 0 Å². The first kappa shape index (κ1) is 12.2. The Bertz CT molecular complexity index is 157. The molecule has 0 radical (unpaired) electrons. The zero-order valence-electron chi connectivity index (χ0n) is 9.21. The maximum atomic E-state index is 5.70. The van der Waals surface area contributed by atoms with Gasteiger partial charge < -0.3 is 9.64 Å². The molecule has 0 aliphatic carbocycles. The standard InChI is InChI=1S/C10H21ClN2O/c1-3-13-6-7-14-10(9-13)8-12(2)5-4-11/h10H,3-9H2,1-2H3. The largest absolute Gasteiger partial charge is 0.374 e. The van der Waals surface area contributed by atoms with Gasteiger partial charge in [0.15, 0.2) is 0 Å². The molecule has 1 aliphatic heterocycles.